The largest absolute Gasteiger partial charge is 0.497 e. The molecule has 4 rings (SSSR count). The molecule has 10 heteroatoms. The van der Waals surface area contributed by atoms with Crippen molar-refractivity contribution in [3.05, 3.63) is 81.3 Å². The summed E-state index contributed by atoms with van der Waals surface area (Å²) < 4.78 is 25.6. The fourth-order valence-electron chi connectivity index (χ4n) is 3.42. The van der Waals surface area contributed by atoms with E-state index in [1.165, 1.54) is 25.3 Å². The van der Waals surface area contributed by atoms with Gasteiger partial charge in [0.1, 0.15) is 22.3 Å². The van der Waals surface area contributed by atoms with Crippen LogP contribution in [0.5, 0.6) is 5.75 Å². The number of fused-ring (bicyclic) bond motifs is 1. The van der Waals surface area contributed by atoms with Gasteiger partial charge < -0.3 is 14.8 Å². The number of hydrogen-bond acceptors (Lipinski definition) is 7. The highest BCUT2D eigenvalue weighted by molar-refractivity contribution is 7.16. The summed E-state index contributed by atoms with van der Waals surface area (Å²) in [7, 11) is 1.53. The third-order valence-corrected chi connectivity index (χ3v) is 5.85. The number of carbonyl (C=O) groups is 2. The van der Waals surface area contributed by atoms with Crippen LogP contribution in [0.15, 0.2) is 58.7 Å². The number of carbonyl (C=O) groups excluding carboxylic acids is 2. The molecule has 2 aromatic carbocycles. The number of nitrogens with one attached hydrogen (secondary N) is 1. The number of amides is 1. The first-order valence-electron chi connectivity index (χ1n) is 10.3. The molecule has 0 unspecified atom stereocenters. The van der Waals surface area contributed by atoms with Crippen molar-refractivity contribution in [1.29, 1.82) is 0 Å². The molecule has 1 N–H and O–H groups in total. The van der Waals surface area contributed by atoms with Crippen LogP contribution in [-0.4, -0.2) is 35.4 Å². The van der Waals surface area contributed by atoms with Crippen LogP contribution in [0.1, 0.15) is 23.0 Å². The maximum Gasteiger partial charge on any atom is 0.359 e. The molecule has 0 aliphatic heterocycles. The lowest BCUT2D eigenvalue weighted by Crippen LogP contribution is -2.26. The van der Waals surface area contributed by atoms with Crippen molar-refractivity contribution in [2.45, 2.75) is 13.3 Å². The Bertz CT molecular complexity index is 1450. The van der Waals surface area contributed by atoms with Gasteiger partial charge in [-0.1, -0.05) is 24.3 Å². The fraction of sp³-hybridized carbons (Fsp3) is 0.167. The van der Waals surface area contributed by atoms with Gasteiger partial charge in [-0.15, -0.1) is 11.3 Å². The quantitative estimate of drug-likeness (QED) is 0.401. The number of hydrogen-bond donors (Lipinski definition) is 1. The zero-order valence-electron chi connectivity index (χ0n) is 18.3. The van der Waals surface area contributed by atoms with Gasteiger partial charge in [0.05, 0.1) is 25.5 Å². The number of ether oxygens (including phenoxy) is 2. The average Bonchev–Trinajstić information content (AvgIpc) is 3.24. The lowest BCUT2D eigenvalue weighted by atomic mass is 10.1. The van der Waals surface area contributed by atoms with E-state index in [-0.39, 0.29) is 46.1 Å². The molecule has 174 valence electrons. The Morgan fingerprint density at radius 1 is 1.18 bits per heavy atom. The molecule has 2 heterocycles. The summed E-state index contributed by atoms with van der Waals surface area (Å²) in [6.45, 7) is 1.73. The number of halogens is 1. The number of esters is 1. The summed E-state index contributed by atoms with van der Waals surface area (Å²) in [5, 5.41) is 8.87. The molecule has 0 atom stereocenters. The van der Waals surface area contributed by atoms with Gasteiger partial charge >= 0.3 is 5.97 Å². The number of rotatable bonds is 7. The molecule has 1 amide bonds. The van der Waals surface area contributed by atoms with Gasteiger partial charge in [-0.3, -0.25) is 9.59 Å². The molecule has 0 saturated heterocycles. The Balaban J connectivity index is 1.79. The highest BCUT2D eigenvalue weighted by Gasteiger charge is 2.24. The van der Waals surface area contributed by atoms with Crippen molar-refractivity contribution >= 4 is 39.0 Å². The number of anilines is 1. The van der Waals surface area contributed by atoms with Crippen LogP contribution in [0.4, 0.5) is 9.39 Å². The Kier molecular flexibility index (Phi) is 6.69. The number of methoxy groups -OCH3 is 1. The number of thiophene rings is 1. The maximum absolute atomic E-state index is 14.5. The van der Waals surface area contributed by atoms with E-state index in [2.05, 4.69) is 10.4 Å². The monoisotopic (exact) mass is 481 g/mol. The minimum Gasteiger partial charge on any atom is -0.497 e. The zero-order chi connectivity index (χ0) is 24.2. The van der Waals surface area contributed by atoms with Gasteiger partial charge in [-0.2, -0.15) is 9.78 Å². The molecule has 0 fully saturated rings. The molecule has 0 saturated carbocycles. The summed E-state index contributed by atoms with van der Waals surface area (Å²) in [4.78, 5) is 38.7. The van der Waals surface area contributed by atoms with E-state index in [0.29, 0.717) is 5.75 Å². The van der Waals surface area contributed by atoms with Crippen LogP contribution in [0.2, 0.25) is 0 Å². The molecular weight excluding hydrogens is 461 g/mol. The van der Waals surface area contributed by atoms with Crippen molar-refractivity contribution in [1.82, 2.24) is 9.78 Å². The molecule has 0 bridgehead atoms. The second-order valence-electron chi connectivity index (χ2n) is 7.17. The van der Waals surface area contributed by atoms with Gasteiger partial charge in [0, 0.05) is 10.8 Å². The molecule has 4 aromatic rings. The van der Waals surface area contributed by atoms with Crippen molar-refractivity contribution in [3.63, 3.8) is 0 Å². The third kappa shape index (κ3) is 4.53. The van der Waals surface area contributed by atoms with Crippen molar-refractivity contribution < 1.29 is 23.5 Å². The van der Waals surface area contributed by atoms with Gasteiger partial charge in [-0.05, 0) is 36.8 Å². The summed E-state index contributed by atoms with van der Waals surface area (Å²) in [6.07, 6.45) is 0.0356. The van der Waals surface area contributed by atoms with E-state index in [1.54, 1.807) is 42.6 Å². The number of benzene rings is 2. The first-order valence-corrected chi connectivity index (χ1v) is 11.2. The fourth-order valence-corrected chi connectivity index (χ4v) is 4.37. The second kappa shape index (κ2) is 9.84. The maximum atomic E-state index is 14.5. The van der Waals surface area contributed by atoms with E-state index in [1.807, 2.05) is 0 Å². The molecule has 0 radical (unpaired) electrons. The number of para-hydroxylation sites is 1. The van der Waals surface area contributed by atoms with E-state index in [9.17, 15) is 18.8 Å². The number of aromatic nitrogens is 2. The SMILES string of the molecule is CCOC(=O)c1nn(-c2ccccc2F)c(=O)c2c(NC(=O)Cc3cccc(OC)c3)scc12. The first-order chi connectivity index (χ1) is 16.4. The Morgan fingerprint density at radius 2 is 1.97 bits per heavy atom. The standard InChI is InChI=1S/C24H20FN3O5S/c1-3-33-24(31)21-16-13-34-22(26-19(29)12-14-7-6-8-15(11-14)32-2)20(16)23(30)28(27-21)18-10-5-4-9-17(18)25/h4-11,13H,3,12H2,1-2H3,(H,26,29). The lowest BCUT2D eigenvalue weighted by Gasteiger charge is -2.10. The van der Waals surface area contributed by atoms with Crippen molar-refractivity contribution in [2.24, 2.45) is 0 Å². The van der Waals surface area contributed by atoms with Crippen molar-refractivity contribution in [3.8, 4) is 11.4 Å². The summed E-state index contributed by atoms with van der Waals surface area (Å²) in [5.41, 5.74) is -0.231. The van der Waals surface area contributed by atoms with Crippen LogP contribution in [-0.2, 0) is 16.0 Å². The molecule has 2 aromatic heterocycles. The van der Waals surface area contributed by atoms with Gasteiger partial charge in [0.25, 0.3) is 5.56 Å². The van der Waals surface area contributed by atoms with Crippen LogP contribution in [0.25, 0.3) is 16.5 Å². The van der Waals surface area contributed by atoms with Gasteiger partial charge in [0.2, 0.25) is 5.91 Å². The highest BCUT2D eigenvalue weighted by Crippen LogP contribution is 2.31. The average molecular weight is 482 g/mol. The molecule has 0 aliphatic carbocycles. The van der Waals surface area contributed by atoms with E-state index in [4.69, 9.17) is 9.47 Å². The van der Waals surface area contributed by atoms with Gasteiger partial charge in [0.15, 0.2) is 5.69 Å². The first kappa shape index (κ1) is 23.1. The predicted octanol–water partition coefficient (Wildman–Crippen LogP) is 3.95. The minimum absolute atomic E-state index is 0.0356. The molecule has 0 spiro atoms. The molecule has 34 heavy (non-hydrogen) atoms. The van der Waals surface area contributed by atoms with Crippen LogP contribution in [0, 0.1) is 5.82 Å². The highest BCUT2D eigenvalue weighted by atomic mass is 32.1. The summed E-state index contributed by atoms with van der Waals surface area (Å²) in [5.74, 6) is -1.21. The zero-order valence-corrected chi connectivity index (χ0v) is 19.1. The molecule has 8 nitrogen and oxygen atoms in total. The smallest absolute Gasteiger partial charge is 0.359 e. The number of nitrogens with zero attached hydrogens (tertiary/aromatic N) is 2. The molecule has 0 aliphatic rings. The third-order valence-electron chi connectivity index (χ3n) is 4.95. The second-order valence-corrected chi connectivity index (χ2v) is 8.05. The van der Waals surface area contributed by atoms with Gasteiger partial charge in [-0.25, -0.2) is 9.18 Å². The van der Waals surface area contributed by atoms with E-state index < -0.39 is 17.3 Å². The lowest BCUT2D eigenvalue weighted by molar-refractivity contribution is -0.115. The summed E-state index contributed by atoms with van der Waals surface area (Å²) in [6, 6.07) is 12.6. The minimum atomic E-state index is -0.760. The van der Waals surface area contributed by atoms with Crippen LogP contribution < -0.4 is 15.6 Å². The Morgan fingerprint density at radius 3 is 2.71 bits per heavy atom. The van der Waals surface area contributed by atoms with Crippen LogP contribution in [0.3, 0.4) is 0 Å². The van der Waals surface area contributed by atoms with Crippen LogP contribution >= 0.6 is 11.3 Å². The predicted molar refractivity (Wildman–Crippen MR) is 126 cm³/mol. The summed E-state index contributed by atoms with van der Waals surface area (Å²) >= 11 is 1.07. The Labute approximate surface area is 197 Å². The molecular formula is C24H20FN3O5S. The van der Waals surface area contributed by atoms with E-state index in [0.717, 1.165) is 21.6 Å². The van der Waals surface area contributed by atoms with E-state index >= 15 is 0 Å². The Hall–Kier alpha value is -4.05. The van der Waals surface area contributed by atoms with Crippen molar-refractivity contribution in [2.75, 3.05) is 19.0 Å². The normalized spacial score (nSPS) is 10.8. The topological polar surface area (TPSA) is 99.5 Å².